The fourth-order valence-corrected chi connectivity index (χ4v) is 4.29. The minimum Gasteiger partial charge on any atom is -0.467 e. The second-order valence-corrected chi connectivity index (χ2v) is 9.40. The lowest BCUT2D eigenvalue weighted by Crippen LogP contribution is -2.49. The first-order valence-electron chi connectivity index (χ1n) is 12.3. The molecule has 0 unspecified atom stereocenters. The van der Waals surface area contributed by atoms with Crippen LogP contribution >= 0.6 is 0 Å². The number of carbonyl (C=O) groups is 2. The highest BCUT2D eigenvalue weighted by molar-refractivity contribution is 5.91. The molecule has 2 aromatic carbocycles. The third-order valence-corrected chi connectivity index (χ3v) is 6.47. The molecular weight excluding hydrogens is 456 g/mol. The van der Waals surface area contributed by atoms with Gasteiger partial charge in [0.1, 0.15) is 17.7 Å². The smallest absolute Gasteiger partial charge is 0.328 e. The number of fused-ring (bicyclic) bond motifs is 1. The van der Waals surface area contributed by atoms with E-state index in [1.54, 1.807) is 0 Å². The van der Waals surface area contributed by atoms with E-state index in [1.807, 2.05) is 74.2 Å². The van der Waals surface area contributed by atoms with E-state index in [9.17, 15) is 9.59 Å². The number of nitrogens with one attached hydrogen (secondary N) is 2. The molecule has 9 heteroatoms. The van der Waals surface area contributed by atoms with Crippen LogP contribution in [0.1, 0.15) is 25.2 Å². The van der Waals surface area contributed by atoms with Gasteiger partial charge in [0.25, 0.3) is 0 Å². The molecule has 0 spiro atoms. The third kappa shape index (κ3) is 5.91. The van der Waals surface area contributed by atoms with Gasteiger partial charge in [0, 0.05) is 37.3 Å². The Morgan fingerprint density at radius 1 is 1.00 bits per heavy atom. The minimum absolute atomic E-state index is 0.0218. The Hall–Kier alpha value is -3.72. The number of esters is 1. The van der Waals surface area contributed by atoms with E-state index in [0.717, 1.165) is 35.2 Å². The van der Waals surface area contributed by atoms with Crippen LogP contribution in [0.15, 0.2) is 48.5 Å². The molecular formula is C27H34N6O3. The average molecular weight is 491 g/mol. The first-order chi connectivity index (χ1) is 17.4. The number of rotatable bonds is 7. The summed E-state index contributed by atoms with van der Waals surface area (Å²) in [6.07, 6.45) is 0. The highest BCUT2D eigenvalue weighted by atomic mass is 16.5. The van der Waals surface area contributed by atoms with Crippen molar-refractivity contribution in [3.63, 3.8) is 0 Å². The highest BCUT2D eigenvalue weighted by Gasteiger charge is 2.26. The predicted molar refractivity (Wildman–Crippen MR) is 141 cm³/mol. The summed E-state index contributed by atoms with van der Waals surface area (Å²) in [5.74, 6) is 0.986. The van der Waals surface area contributed by atoms with Gasteiger partial charge in [-0.2, -0.15) is 0 Å². The van der Waals surface area contributed by atoms with Crippen molar-refractivity contribution in [2.45, 2.75) is 33.4 Å². The van der Waals surface area contributed by atoms with E-state index in [2.05, 4.69) is 15.5 Å². The lowest BCUT2D eigenvalue weighted by atomic mass is 10.0. The molecule has 0 radical (unpaired) electrons. The van der Waals surface area contributed by atoms with Gasteiger partial charge in [-0.05, 0) is 36.6 Å². The minimum atomic E-state index is -0.517. The summed E-state index contributed by atoms with van der Waals surface area (Å²) in [5.41, 5.74) is 2.68. The zero-order chi connectivity index (χ0) is 25.7. The normalized spacial score (nSPS) is 15.1. The molecule has 1 saturated heterocycles. The first-order valence-corrected chi connectivity index (χ1v) is 12.3. The van der Waals surface area contributed by atoms with E-state index >= 15 is 0 Å². The molecule has 3 aromatic rings. The van der Waals surface area contributed by atoms with Crippen molar-refractivity contribution in [3.8, 4) is 0 Å². The lowest BCUT2D eigenvalue weighted by Gasteiger charge is -2.34. The van der Waals surface area contributed by atoms with Gasteiger partial charge in [0.05, 0.1) is 19.2 Å². The number of benzene rings is 2. The van der Waals surface area contributed by atoms with Crippen LogP contribution in [-0.2, 0) is 16.1 Å². The molecule has 1 aliphatic heterocycles. The second-order valence-electron chi connectivity index (χ2n) is 9.40. The predicted octanol–water partition coefficient (Wildman–Crippen LogP) is 3.90. The van der Waals surface area contributed by atoms with E-state index in [1.165, 1.54) is 7.11 Å². The molecule has 9 nitrogen and oxygen atoms in total. The Labute approximate surface area is 211 Å². The summed E-state index contributed by atoms with van der Waals surface area (Å²) in [7, 11) is 1.39. The van der Waals surface area contributed by atoms with Gasteiger partial charge >= 0.3 is 12.0 Å². The summed E-state index contributed by atoms with van der Waals surface area (Å²) >= 11 is 0. The van der Waals surface area contributed by atoms with Gasteiger partial charge in [-0.25, -0.2) is 19.6 Å². The molecule has 0 aliphatic carbocycles. The highest BCUT2D eigenvalue weighted by Crippen LogP contribution is 2.23. The van der Waals surface area contributed by atoms with Crippen LogP contribution in [0.25, 0.3) is 10.9 Å². The zero-order valence-corrected chi connectivity index (χ0v) is 21.3. The number of aromatic nitrogens is 2. The quantitative estimate of drug-likeness (QED) is 0.485. The first kappa shape index (κ1) is 25.4. The van der Waals surface area contributed by atoms with Crippen LogP contribution in [0.5, 0.6) is 0 Å². The Balaban J connectivity index is 1.44. The fraction of sp³-hybridized carbons (Fsp3) is 0.407. The molecule has 1 atom stereocenters. The molecule has 190 valence electrons. The largest absolute Gasteiger partial charge is 0.467 e. The average Bonchev–Trinajstić information content (AvgIpc) is 2.88. The van der Waals surface area contributed by atoms with Crippen molar-refractivity contribution in [3.05, 3.63) is 59.9 Å². The lowest BCUT2D eigenvalue weighted by molar-refractivity contribution is -0.142. The van der Waals surface area contributed by atoms with Crippen molar-refractivity contribution < 1.29 is 14.3 Å². The molecule has 1 fully saturated rings. The molecule has 0 saturated carbocycles. The number of ether oxygens (including phenoxy) is 1. The Morgan fingerprint density at radius 2 is 1.69 bits per heavy atom. The number of urea groups is 1. The molecule has 1 aliphatic rings. The van der Waals surface area contributed by atoms with Gasteiger partial charge in [-0.3, -0.25) is 4.90 Å². The van der Waals surface area contributed by atoms with Crippen LogP contribution in [0, 0.1) is 12.8 Å². The summed E-state index contributed by atoms with van der Waals surface area (Å²) in [6, 6.07) is 14.9. The summed E-state index contributed by atoms with van der Waals surface area (Å²) in [5, 5.41) is 7.16. The Bertz CT molecular complexity index is 1220. The maximum atomic E-state index is 12.7. The molecule has 2 heterocycles. The SMILES string of the molecule is COC(=O)[C@@H](Nc1nc(CN2CCN(C(=O)Nc3ccccc3C)CC2)nc2ccccc12)C(C)C. The molecule has 0 bridgehead atoms. The number of piperazine rings is 1. The fourth-order valence-electron chi connectivity index (χ4n) is 4.29. The van der Waals surface area contributed by atoms with E-state index < -0.39 is 6.04 Å². The number of carbonyl (C=O) groups excluding carboxylic acids is 2. The molecule has 1 aromatic heterocycles. The third-order valence-electron chi connectivity index (χ3n) is 6.47. The number of aryl methyl sites for hydroxylation is 1. The van der Waals surface area contributed by atoms with Crippen LogP contribution < -0.4 is 10.6 Å². The van der Waals surface area contributed by atoms with E-state index in [-0.39, 0.29) is 17.9 Å². The van der Waals surface area contributed by atoms with Crippen molar-refractivity contribution >= 4 is 34.4 Å². The topological polar surface area (TPSA) is 99.7 Å². The summed E-state index contributed by atoms with van der Waals surface area (Å²) in [6.45, 7) is 9.14. The Morgan fingerprint density at radius 3 is 2.39 bits per heavy atom. The van der Waals surface area contributed by atoms with Crippen molar-refractivity contribution in [1.29, 1.82) is 0 Å². The maximum Gasteiger partial charge on any atom is 0.328 e. The maximum absolute atomic E-state index is 12.7. The van der Waals surface area contributed by atoms with Crippen molar-refractivity contribution in [1.82, 2.24) is 19.8 Å². The monoisotopic (exact) mass is 490 g/mol. The number of hydrogen-bond donors (Lipinski definition) is 2. The summed E-state index contributed by atoms with van der Waals surface area (Å²) < 4.78 is 4.99. The molecule has 2 amide bonds. The van der Waals surface area contributed by atoms with E-state index in [4.69, 9.17) is 14.7 Å². The number of nitrogens with zero attached hydrogens (tertiary/aromatic N) is 4. The van der Waals surface area contributed by atoms with E-state index in [0.29, 0.717) is 31.3 Å². The van der Waals surface area contributed by atoms with Crippen molar-refractivity contribution in [2.75, 3.05) is 43.9 Å². The van der Waals surface area contributed by atoms with Crippen LogP contribution in [0.4, 0.5) is 16.3 Å². The van der Waals surface area contributed by atoms with Crippen LogP contribution in [-0.4, -0.2) is 71.1 Å². The van der Waals surface area contributed by atoms with Crippen molar-refractivity contribution in [2.24, 2.45) is 5.92 Å². The number of amides is 2. The molecule has 36 heavy (non-hydrogen) atoms. The van der Waals surface area contributed by atoms with Gasteiger partial charge < -0.3 is 20.3 Å². The number of hydrogen-bond acceptors (Lipinski definition) is 7. The summed E-state index contributed by atoms with van der Waals surface area (Å²) in [4.78, 5) is 38.7. The van der Waals surface area contributed by atoms with Crippen LogP contribution in [0.3, 0.4) is 0 Å². The standard InChI is InChI=1S/C27H34N6O3/c1-18(2)24(26(34)36-4)31-25-20-10-6-8-12-22(20)28-23(30-25)17-32-13-15-33(16-14-32)27(35)29-21-11-7-5-9-19(21)3/h5-12,18,24H,13-17H2,1-4H3,(H,29,35)(H,28,30,31)/t24-/m0/s1. The van der Waals surface area contributed by atoms with Gasteiger partial charge in [-0.1, -0.05) is 44.2 Å². The number of para-hydroxylation sites is 2. The van der Waals surface area contributed by atoms with Gasteiger partial charge in [0.2, 0.25) is 0 Å². The number of methoxy groups -OCH3 is 1. The van der Waals surface area contributed by atoms with Gasteiger partial charge in [0.15, 0.2) is 0 Å². The van der Waals surface area contributed by atoms with Gasteiger partial charge in [-0.15, -0.1) is 0 Å². The Kier molecular flexibility index (Phi) is 8.00. The molecule has 2 N–H and O–H groups in total. The zero-order valence-electron chi connectivity index (χ0n) is 21.3. The van der Waals surface area contributed by atoms with Crippen LogP contribution in [0.2, 0.25) is 0 Å². The second kappa shape index (κ2) is 11.3. The molecule has 4 rings (SSSR count). The number of anilines is 2.